The average molecular weight is 700 g/mol. The molecule has 47 heavy (non-hydrogen) atoms. The molecule has 4 aliphatic rings. The van der Waals surface area contributed by atoms with Gasteiger partial charge < -0.3 is 72.0 Å². The van der Waals surface area contributed by atoms with Gasteiger partial charge in [0, 0.05) is 43.6 Å². The van der Waals surface area contributed by atoms with Crippen molar-refractivity contribution in [3.05, 3.63) is 46.2 Å². The van der Waals surface area contributed by atoms with E-state index >= 15 is 0 Å². The van der Waals surface area contributed by atoms with Gasteiger partial charge in [-0.15, -0.1) is 0 Å². The number of nitrogens with zero attached hydrogens (tertiary/aromatic N) is 4. The summed E-state index contributed by atoms with van der Waals surface area (Å²) in [6.07, 6.45) is -0.226. The number of hydrogen-bond acceptors (Lipinski definition) is 11. The molecule has 2 fully saturated rings. The largest absolute Gasteiger partial charge is 1.00 e. The second kappa shape index (κ2) is 13.3. The maximum atomic E-state index is 14.2. The number of fused-ring (bicyclic) bond motifs is 3. The third-order valence-corrected chi connectivity index (χ3v) is 9.37. The van der Waals surface area contributed by atoms with Crippen LogP contribution in [0.2, 0.25) is 0 Å². The molecule has 1 aromatic carbocycles. The van der Waals surface area contributed by atoms with Gasteiger partial charge in [0.1, 0.15) is 22.8 Å². The predicted molar refractivity (Wildman–Crippen MR) is 163 cm³/mol. The molecule has 0 spiro atoms. The van der Waals surface area contributed by atoms with Crippen LogP contribution in [0, 0.1) is 17.2 Å². The quantitative estimate of drug-likeness (QED) is 0.0805. The van der Waals surface area contributed by atoms with E-state index in [2.05, 4.69) is 10.3 Å². The van der Waals surface area contributed by atoms with E-state index in [-0.39, 0.29) is 63.8 Å². The van der Waals surface area contributed by atoms with Crippen LogP contribution in [0.15, 0.2) is 40.1 Å². The highest BCUT2D eigenvalue weighted by Crippen LogP contribution is 2.57. The summed E-state index contributed by atoms with van der Waals surface area (Å²) in [7, 11) is 3.06. The number of ketones is 2. The van der Waals surface area contributed by atoms with Gasteiger partial charge in [-0.3, -0.25) is 29.6 Å². The van der Waals surface area contributed by atoms with E-state index in [1.165, 1.54) is 44.1 Å². The molecule has 1 saturated heterocycles. The molecule has 0 aromatic heterocycles. The molecule has 3 aliphatic carbocycles. The number of rotatable bonds is 4. The number of carbonyl (C=O) groups excluding carboxylic acids is 3. The Morgan fingerprint density at radius 3 is 2.32 bits per heavy atom. The number of aliphatic hydroxyl groups excluding tert-OH is 2. The standard InChI is InChI=1S/C29H38N8O8.2ClH/c1-28(44)13-5-4-6-16(38)17(13)21(39)18-14(28)11-15-20(35(2)3)22(40)19(24(42)29(15,45)23(18)41)25(43)33-12-36-7-9-37(10-8-36)27(32)34-26(30)31;;/h4-6,14-15,20,38-39,42,44-45H,7-12H2,1-3H3,(H,33,43)(H5,30,31,32,34);2*1H/t14-,15-,20-,28+,29-;;/m1../s1. The molecular weight excluding hydrogens is 659 g/mol. The second-order valence-corrected chi connectivity index (χ2v) is 12.2. The minimum atomic E-state index is -2.80. The Kier molecular flexibility index (Phi) is 10.6. The number of phenols is 1. The first-order valence-electron chi connectivity index (χ1n) is 14.4. The first-order valence-corrected chi connectivity index (χ1v) is 14.4. The summed E-state index contributed by atoms with van der Waals surface area (Å²) >= 11 is 0. The number of phenolic OH excluding ortho intramolecular Hbond substituents is 1. The molecule has 16 nitrogen and oxygen atoms in total. The van der Waals surface area contributed by atoms with Crippen LogP contribution in [-0.4, -0.2) is 128 Å². The summed E-state index contributed by atoms with van der Waals surface area (Å²) in [4.78, 5) is 50.1. The third-order valence-electron chi connectivity index (χ3n) is 9.37. The number of aliphatic imine (C=N–C) groups is 1. The van der Waals surface area contributed by atoms with Crippen molar-refractivity contribution in [3.63, 3.8) is 0 Å². The summed E-state index contributed by atoms with van der Waals surface area (Å²) in [6.45, 7) is 2.90. The second-order valence-electron chi connectivity index (χ2n) is 12.2. The molecule has 5 rings (SSSR count). The summed E-state index contributed by atoms with van der Waals surface area (Å²) in [5.74, 6) is -7.99. The number of nitrogens with one attached hydrogen (secondary N) is 2. The fourth-order valence-corrected chi connectivity index (χ4v) is 7.07. The third kappa shape index (κ3) is 5.89. The van der Waals surface area contributed by atoms with E-state index < -0.39 is 75.0 Å². The Labute approximate surface area is 285 Å². The van der Waals surface area contributed by atoms with Gasteiger partial charge in [-0.1, -0.05) is 12.1 Å². The van der Waals surface area contributed by atoms with Crippen molar-refractivity contribution in [2.45, 2.75) is 30.6 Å². The molecule has 18 heteroatoms. The van der Waals surface area contributed by atoms with Crippen molar-refractivity contribution < 1.29 is 67.6 Å². The van der Waals surface area contributed by atoms with Crippen LogP contribution in [0.25, 0.3) is 5.76 Å². The van der Waals surface area contributed by atoms with Crippen LogP contribution in [0.1, 0.15) is 27.3 Å². The predicted octanol–water partition coefficient (Wildman–Crippen LogP) is -7.72. The zero-order valence-corrected chi connectivity index (χ0v) is 27.4. The van der Waals surface area contributed by atoms with E-state index in [9.17, 15) is 39.9 Å². The van der Waals surface area contributed by atoms with Crippen molar-refractivity contribution in [1.29, 1.82) is 5.41 Å². The maximum Gasteiger partial charge on any atom is 1.00 e. The normalized spacial score (nSPS) is 28.8. The molecule has 0 radical (unpaired) electrons. The number of halogens is 2. The van der Waals surface area contributed by atoms with E-state index in [1.807, 2.05) is 4.90 Å². The number of aliphatic hydroxyl groups is 4. The van der Waals surface area contributed by atoms with Crippen molar-refractivity contribution in [3.8, 4) is 5.75 Å². The molecule has 11 N–H and O–H groups in total. The van der Waals surface area contributed by atoms with E-state index in [1.54, 1.807) is 4.90 Å². The number of benzene rings is 1. The van der Waals surface area contributed by atoms with Gasteiger partial charge in [0.05, 0.1) is 23.9 Å². The van der Waals surface area contributed by atoms with Gasteiger partial charge >= 0.3 is 2.85 Å². The van der Waals surface area contributed by atoms with Gasteiger partial charge in [0.25, 0.3) is 5.91 Å². The highest BCUT2D eigenvalue weighted by molar-refractivity contribution is 6.25. The van der Waals surface area contributed by atoms with Crippen molar-refractivity contribution in [2.75, 3.05) is 46.9 Å². The Bertz CT molecular complexity index is 1600. The number of hydrogen-bond donors (Lipinski definition) is 9. The van der Waals surface area contributed by atoms with Crippen molar-refractivity contribution in [2.24, 2.45) is 28.3 Å². The maximum absolute atomic E-state index is 14.2. The van der Waals surface area contributed by atoms with Gasteiger partial charge in [-0.2, -0.15) is 4.99 Å². The fraction of sp³-hybridized carbons (Fsp3) is 0.483. The number of carbonyl (C=O) groups is 3. The van der Waals surface area contributed by atoms with E-state index in [0.717, 1.165) is 0 Å². The summed E-state index contributed by atoms with van der Waals surface area (Å²) in [5, 5.41) is 67.4. The highest BCUT2D eigenvalue weighted by atomic mass is 35.5. The zero-order valence-electron chi connectivity index (χ0n) is 27.9. The lowest BCUT2D eigenvalue weighted by Crippen LogP contribution is -3.00. The summed E-state index contributed by atoms with van der Waals surface area (Å²) in [6, 6.07) is 2.99. The van der Waals surface area contributed by atoms with E-state index in [4.69, 9.17) is 16.9 Å². The molecule has 0 unspecified atom stereocenters. The molecular formula is C29H40Cl2N8O8. The van der Waals surface area contributed by atoms with Gasteiger partial charge in [0.15, 0.2) is 17.3 Å². The topological polar surface area (TPSA) is 262 Å². The first-order chi connectivity index (χ1) is 21.0. The Morgan fingerprint density at radius 1 is 1.13 bits per heavy atom. The Hall–Kier alpha value is -3.93. The molecule has 1 saturated carbocycles. The molecule has 1 heterocycles. The molecule has 1 aromatic rings. The molecule has 5 atom stereocenters. The smallest absolute Gasteiger partial charge is 1.00 e. The molecule has 1 amide bonds. The lowest BCUT2D eigenvalue weighted by atomic mass is 9.54. The SMILES string of the molecule is CN(C)[C@H]1C(=O)C(C(=O)NCN2CCN(C(=N)N=C(N)N)CC2)=C(O)[C@]2(O)C(=O)C3=C(O)c4c(O)cccc4[C@](C)(O)[C@@H]3C[C@H]12.[Cl-].[Cl-].[H+].[H+]. The van der Waals surface area contributed by atoms with Gasteiger partial charge in [0.2, 0.25) is 11.7 Å². The van der Waals surface area contributed by atoms with Gasteiger partial charge in [-0.25, -0.2) is 0 Å². The number of likely N-dealkylation sites (N-methyl/N-ethyl adjacent to an activating group) is 1. The Balaban J connectivity index is 0.00000300. The van der Waals surface area contributed by atoms with Crippen LogP contribution in [0.5, 0.6) is 5.75 Å². The van der Waals surface area contributed by atoms with Crippen molar-refractivity contribution >= 4 is 35.2 Å². The number of Topliss-reactive ketones (excluding diaryl/α,β-unsaturated/α-hetero) is 2. The van der Waals surface area contributed by atoms with E-state index in [0.29, 0.717) is 26.2 Å². The monoisotopic (exact) mass is 698 g/mol. The number of aromatic hydroxyl groups is 1. The number of amides is 1. The number of nitrogens with two attached hydrogens (primary N) is 2. The first kappa shape index (κ1) is 37.5. The van der Waals surface area contributed by atoms with Crippen LogP contribution >= 0.6 is 0 Å². The fourth-order valence-electron chi connectivity index (χ4n) is 7.07. The average Bonchev–Trinajstić information content (AvgIpc) is 2.96. The highest BCUT2D eigenvalue weighted by Gasteiger charge is 2.66. The number of guanidine groups is 2. The Morgan fingerprint density at radius 2 is 1.74 bits per heavy atom. The molecule has 1 aliphatic heterocycles. The lowest BCUT2D eigenvalue weighted by molar-refractivity contribution is -0.159. The van der Waals surface area contributed by atoms with Crippen molar-refractivity contribution in [1.82, 2.24) is 20.0 Å². The van der Waals surface area contributed by atoms with Gasteiger partial charge in [-0.05, 0) is 39.1 Å². The summed E-state index contributed by atoms with van der Waals surface area (Å²) < 4.78 is 0. The lowest BCUT2D eigenvalue weighted by Gasteiger charge is -2.53. The molecule has 0 bridgehead atoms. The van der Waals surface area contributed by atoms with Crippen LogP contribution < -0.4 is 41.6 Å². The van der Waals surface area contributed by atoms with Crippen LogP contribution in [-0.2, 0) is 20.0 Å². The minimum Gasteiger partial charge on any atom is -1.00 e. The molecule has 258 valence electrons. The number of piperazine rings is 1. The van der Waals surface area contributed by atoms with Crippen LogP contribution in [0.3, 0.4) is 0 Å². The zero-order chi connectivity index (χ0) is 33.2. The minimum absolute atomic E-state index is 0. The summed E-state index contributed by atoms with van der Waals surface area (Å²) in [5.41, 5.74) is 4.82. The van der Waals surface area contributed by atoms with Crippen LogP contribution in [0.4, 0.5) is 0 Å².